The Morgan fingerprint density at radius 3 is 2.72 bits per heavy atom. The van der Waals surface area contributed by atoms with Gasteiger partial charge in [0.05, 0.1) is 11.6 Å². The van der Waals surface area contributed by atoms with Gasteiger partial charge in [-0.15, -0.1) is 0 Å². The van der Waals surface area contributed by atoms with E-state index in [0.29, 0.717) is 13.1 Å². The molecule has 3 N–H and O–H groups in total. The zero-order valence-corrected chi connectivity index (χ0v) is 11.2. The first-order valence-corrected chi connectivity index (χ1v) is 6.55. The first-order chi connectivity index (χ1) is 8.59. The van der Waals surface area contributed by atoms with Gasteiger partial charge >= 0.3 is 0 Å². The maximum atomic E-state index is 12.3. The molecular weight excluding hydrogens is 228 g/mol. The van der Waals surface area contributed by atoms with Gasteiger partial charge in [0.2, 0.25) is 5.91 Å². The molecule has 2 rings (SSSR count). The zero-order valence-electron chi connectivity index (χ0n) is 11.2. The van der Waals surface area contributed by atoms with Crippen molar-refractivity contribution in [1.29, 1.82) is 0 Å². The predicted molar refractivity (Wildman–Crippen MR) is 69.7 cm³/mol. The van der Waals surface area contributed by atoms with Gasteiger partial charge in [-0.2, -0.15) is 5.10 Å². The number of carbonyl (C=O) groups excluding carboxylic acids is 1. The lowest BCUT2D eigenvalue weighted by Gasteiger charge is -2.25. The average Bonchev–Trinajstić information content (AvgIpc) is 2.97. The summed E-state index contributed by atoms with van der Waals surface area (Å²) in [6.07, 6.45) is 5.86. The molecule has 0 unspecified atom stereocenters. The van der Waals surface area contributed by atoms with Crippen molar-refractivity contribution in [1.82, 2.24) is 15.1 Å². The average molecular weight is 250 g/mol. The molecule has 1 aliphatic carbocycles. The minimum Gasteiger partial charge on any atom is -0.351 e. The van der Waals surface area contributed by atoms with E-state index >= 15 is 0 Å². The summed E-state index contributed by atoms with van der Waals surface area (Å²) in [5.74, 6) is 0.103. The van der Waals surface area contributed by atoms with E-state index < -0.39 is 0 Å². The number of nitrogens with zero attached hydrogens (tertiary/aromatic N) is 2. The first kappa shape index (κ1) is 13.1. The van der Waals surface area contributed by atoms with Crippen molar-refractivity contribution >= 4 is 5.91 Å². The molecule has 1 heterocycles. The van der Waals surface area contributed by atoms with E-state index in [4.69, 9.17) is 5.73 Å². The molecule has 0 aromatic carbocycles. The minimum atomic E-state index is -0.323. The standard InChI is InChI=1S/C13H22N4O/c1-10-11(8-16-17(10)2)7-15-12(18)13(9-14)5-3-4-6-13/h8H,3-7,9,14H2,1-2H3,(H,15,18). The molecule has 1 saturated carbocycles. The van der Waals surface area contributed by atoms with E-state index in [0.717, 1.165) is 36.9 Å². The second-order valence-corrected chi connectivity index (χ2v) is 5.25. The Labute approximate surface area is 108 Å². The Kier molecular flexibility index (Phi) is 3.71. The number of nitrogens with two attached hydrogens (primary N) is 1. The third kappa shape index (κ3) is 2.27. The molecule has 0 aliphatic heterocycles. The van der Waals surface area contributed by atoms with Crippen molar-refractivity contribution in [2.75, 3.05) is 6.54 Å². The monoisotopic (exact) mass is 250 g/mol. The molecule has 0 spiro atoms. The van der Waals surface area contributed by atoms with Crippen molar-refractivity contribution < 1.29 is 4.79 Å². The van der Waals surface area contributed by atoms with Crippen LogP contribution in [0, 0.1) is 12.3 Å². The van der Waals surface area contributed by atoms with E-state index in [1.165, 1.54) is 0 Å². The van der Waals surface area contributed by atoms with Crippen molar-refractivity contribution in [2.45, 2.75) is 39.2 Å². The molecule has 1 aromatic heterocycles. The van der Waals surface area contributed by atoms with Gasteiger partial charge in [-0.3, -0.25) is 9.48 Å². The molecule has 0 radical (unpaired) electrons. The van der Waals surface area contributed by atoms with Crippen molar-refractivity contribution in [2.24, 2.45) is 18.2 Å². The lowest BCUT2D eigenvalue weighted by molar-refractivity contribution is -0.130. The Morgan fingerprint density at radius 2 is 2.22 bits per heavy atom. The highest BCUT2D eigenvalue weighted by atomic mass is 16.2. The Morgan fingerprint density at radius 1 is 1.56 bits per heavy atom. The second-order valence-electron chi connectivity index (χ2n) is 5.25. The maximum Gasteiger partial charge on any atom is 0.227 e. The summed E-state index contributed by atoms with van der Waals surface area (Å²) in [4.78, 5) is 12.3. The molecule has 1 aliphatic rings. The summed E-state index contributed by atoms with van der Waals surface area (Å²) in [5.41, 5.74) is 7.62. The molecule has 5 heteroatoms. The fraction of sp³-hybridized carbons (Fsp3) is 0.692. The zero-order chi connectivity index (χ0) is 13.2. The van der Waals surface area contributed by atoms with Crippen LogP contribution >= 0.6 is 0 Å². The van der Waals surface area contributed by atoms with Crippen LogP contribution in [-0.2, 0) is 18.4 Å². The fourth-order valence-corrected chi connectivity index (χ4v) is 2.66. The van der Waals surface area contributed by atoms with E-state index in [-0.39, 0.29) is 11.3 Å². The number of aromatic nitrogens is 2. The van der Waals surface area contributed by atoms with Crippen LogP contribution < -0.4 is 11.1 Å². The molecular formula is C13H22N4O. The molecule has 0 bridgehead atoms. The number of nitrogens with one attached hydrogen (secondary N) is 1. The van der Waals surface area contributed by atoms with Gasteiger partial charge in [0.1, 0.15) is 0 Å². The van der Waals surface area contributed by atoms with Crippen molar-refractivity contribution in [3.63, 3.8) is 0 Å². The van der Waals surface area contributed by atoms with Crippen LogP contribution in [0.15, 0.2) is 6.20 Å². The van der Waals surface area contributed by atoms with E-state index in [1.807, 2.05) is 18.7 Å². The van der Waals surface area contributed by atoms with Crippen LogP contribution in [0.2, 0.25) is 0 Å². The molecule has 0 saturated heterocycles. The van der Waals surface area contributed by atoms with E-state index in [1.54, 1.807) is 6.20 Å². The number of aryl methyl sites for hydroxylation is 1. The molecule has 100 valence electrons. The molecule has 0 atom stereocenters. The molecule has 1 aromatic rings. The quantitative estimate of drug-likeness (QED) is 0.832. The number of rotatable bonds is 4. The van der Waals surface area contributed by atoms with Gasteiger partial charge in [-0.1, -0.05) is 12.8 Å². The lowest BCUT2D eigenvalue weighted by atomic mass is 9.85. The van der Waals surface area contributed by atoms with Crippen LogP contribution in [0.25, 0.3) is 0 Å². The van der Waals surface area contributed by atoms with Crippen LogP contribution in [0.3, 0.4) is 0 Å². The second kappa shape index (κ2) is 5.10. The van der Waals surface area contributed by atoms with Gasteiger partial charge in [0.15, 0.2) is 0 Å². The van der Waals surface area contributed by atoms with Gasteiger partial charge in [-0.05, 0) is 19.8 Å². The number of carbonyl (C=O) groups is 1. The van der Waals surface area contributed by atoms with Gasteiger partial charge in [0, 0.05) is 31.4 Å². The highest BCUT2D eigenvalue weighted by Gasteiger charge is 2.39. The van der Waals surface area contributed by atoms with Crippen LogP contribution in [0.5, 0.6) is 0 Å². The Hall–Kier alpha value is -1.36. The van der Waals surface area contributed by atoms with Crippen molar-refractivity contribution in [3.8, 4) is 0 Å². The largest absolute Gasteiger partial charge is 0.351 e. The van der Waals surface area contributed by atoms with Gasteiger partial charge < -0.3 is 11.1 Å². The van der Waals surface area contributed by atoms with Gasteiger partial charge in [0.25, 0.3) is 0 Å². The number of amides is 1. The van der Waals surface area contributed by atoms with Crippen molar-refractivity contribution in [3.05, 3.63) is 17.5 Å². The first-order valence-electron chi connectivity index (χ1n) is 6.55. The number of hydrogen-bond donors (Lipinski definition) is 2. The molecule has 5 nitrogen and oxygen atoms in total. The summed E-state index contributed by atoms with van der Waals surface area (Å²) in [5, 5.41) is 7.18. The van der Waals surface area contributed by atoms with E-state index in [2.05, 4.69) is 10.4 Å². The lowest BCUT2D eigenvalue weighted by Crippen LogP contribution is -2.43. The fourth-order valence-electron chi connectivity index (χ4n) is 2.66. The van der Waals surface area contributed by atoms with Crippen LogP contribution in [-0.4, -0.2) is 22.2 Å². The van der Waals surface area contributed by atoms with E-state index in [9.17, 15) is 4.79 Å². The Balaban J connectivity index is 1.98. The molecule has 18 heavy (non-hydrogen) atoms. The topological polar surface area (TPSA) is 72.9 Å². The minimum absolute atomic E-state index is 0.103. The maximum absolute atomic E-state index is 12.3. The summed E-state index contributed by atoms with van der Waals surface area (Å²) in [7, 11) is 1.90. The summed E-state index contributed by atoms with van der Waals surface area (Å²) in [6.45, 7) is 2.99. The Bertz CT molecular complexity index is 432. The van der Waals surface area contributed by atoms with Crippen LogP contribution in [0.4, 0.5) is 0 Å². The summed E-state index contributed by atoms with van der Waals surface area (Å²) >= 11 is 0. The summed E-state index contributed by atoms with van der Waals surface area (Å²) in [6, 6.07) is 0. The number of hydrogen-bond acceptors (Lipinski definition) is 3. The molecule has 1 fully saturated rings. The third-order valence-corrected chi connectivity index (χ3v) is 4.21. The smallest absolute Gasteiger partial charge is 0.227 e. The van der Waals surface area contributed by atoms with Crippen LogP contribution in [0.1, 0.15) is 36.9 Å². The SMILES string of the molecule is Cc1c(CNC(=O)C2(CN)CCCC2)cnn1C. The molecule has 1 amide bonds. The highest BCUT2D eigenvalue weighted by molar-refractivity contribution is 5.83. The highest BCUT2D eigenvalue weighted by Crippen LogP contribution is 2.37. The van der Waals surface area contributed by atoms with Gasteiger partial charge in [-0.25, -0.2) is 0 Å². The summed E-state index contributed by atoms with van der Waals surface area (Å²) < 4.78 is 1.82. The third-order valence-electron chi connectivity index (χ3n) is 4.21. The normalized spacial score (nSPS) is 17.9. The predicted octanol–water partition coefficient (Wildman–Crippen LogP) is 0.864.